The standard InChI is InChI=1S/C32H52N2O/c1-25-16-19-34-20-17-31(35)29-15-11-7-6-9-13-26-21-28-24-33(23-26)18-12-8-4-2-3-5-10-14-27(28)22-30(25)32(29)34/h2,4,21,25,27-30,32H,3,5-20,22-24H2,1H3. The Hall–Kier alpha value is -0.930. The van der Waals surface area contributed by atoms with E-state index in [-0.39, 0.29) is 0 Å². The maximum absolute atomic E-state index is 13.3. The molecule has 7 unspecified atom stereocenters. The van der Waals surface area contributed by atoms with E-state index in [1.165, 1.54) is 110 Å². The average molecular weight is 481 g/mol. The Morgan fingerprint density at radius 3 is 2.57 bits per heavy atom. The van der Waals surface area contributed by atoms with Gasteiger partial charge in [-0.25, -0.2) is 0 Å². The maximum Gasteiger partial charge on any atom is 0.138 e. The second-order valence-electron chi connectivity index (χ2n) is 12.8. The third kappa shape index (κ3) is 6.50. The van der Waals surface area contributed by atoms with Crippen LogP contribution in [0.1, 0.15) is 103 Å². The molecule has 4 aliphatic heterocycles. The van der Waals surface area contributed by atoms with Crippen molar-refractivity contribution in [1.82, 2.24) is 9.80 Å². The molecular formula is C32H52N2O. The van der Waals surface area contributed by atoms with Crippen LogP contribution in [0.2, 0.25) is 0 Å². The number of nitrogens with zero attached hydrogens (tertiary/aromatic N) is 2. The number of hydrogen-bond donors (Lipinski definition) is 0. The smallest absolute Gasteiger partial charge is 0.138 e. The second-order valence-corrected chi connectivity index (χ2v) is 12.8. The minimum Gasteiger partial charge on any atom is -0.299 e. The van der Waals surface area contributed by atoms with E-state index in [0.29, 0.717) is 23.7 Å². The Morgan fingerprint density at radius 1 is 0.829 bits per heavy atom. The Bertz CT molecular complexity index is 757. The van der Waals surface area contributed by atoms with Gasteiger partial charge in [-0.15, -0.1) is 0 Å². The summed E-state index contributed by atoms with van der Waals surface area (Å²) in [5.41, 5.74) is 1.75. The molecule has 1 aliphatic carbocycles. The molecule has 3 nitrogen and oxygen atoms in total. The first kappa shape index (κ1) is 25.7. The molecular weight excluding hydrogens is 428 g/mol. The van der Waals surface area contributed by atoms with Gasteiger partial charge in [0.2, 0.25) is 0 Å². The molecule has 5 rings (SSSR count). The van der Waals surface area contributed by atoms with Gasteiger partial charge in [0.25, 0.3) is 0 Å². The van der Waals surface area contributed by atoms with Crippen molar-refractivity contribution in [2.24, 2.45) is 29.6 Å². The first-order chi connectivity index (χ1) is 17.2. The Labute approximate surface area is 215 Å². The highest BCUT2D eigenvalue weighted by molar-refractivity contribution is 5.82. The summed E-state index contributed by atoms with van der Waals surface area (Å²) < 4.78 is 0. The first-order valence-electron chi connectivity index (χ1n) is 15.5. The minimum absolute atomic E-state index is 0.313. The van der Waals surface area contributed by atoms with Gasteiger partial charge in [0.1, 0.15) is 5.78 Å². The highest BCUT2D eigenvalue weighted by Crippen LogP contribution is 2.44. The van der Waals surface area contributed by atoms with E-state index in [9.17, 15) is 4.79 Å². The van der Waals surface area contributed by atoms with E-state index in [2.05, 4.69) is 35.0 Å². The Balaban J connectivity index is 1.45. The van der Waals surface area contributed by atoms with Crippen LogP contribution < -0.4 is 0 Å². The zero-order chi connectivity index (χ0) is 24.0. The fourth-order valence-corrected chi connectivity index (χ4v) is 8.43. The number of carbonyl (C=O) groups is 1. The Morgan fingerprint density at radius 2 is 1.66 bits per heavy atom. The average Bonchev–Trinajstić information content (AvgIpc) is 2.86. The predicted octanol–water partition coefficient (Wildman–Crippen LogP) is 7.03. The van der Waals surface area contributed by atoms with E-state index in [1.54, 1.807) is 5.57 Å². The molecule has 0 aromatic carbocycles. The quantitative estimate of drug-likeness (QED) is 0.348. The van der Waals surface area contributed by atoms with Crippen molar-refractivity contribution >= 4 is 5.78 Å². The largest absolute Gasteiger partial charge is 0.299 e. The molecule has 0 saturated carbocycles. The van der Waals surface area contributed by atoms with E-state index >= 15 is 0 Å². The van der Waals surface area contributed by atoms with Crippen LogP contribution in [0.5, 0.6) is 0 Å². The van der Waals surface area contributed by atoms with Gasteiger partial charge >= 0.3 is 0 Å². The SMILES string of the molecule is CC1CCN2CCC(=O)C3CCCCCCC4=CC5CN(CCCC=CCCCCC5CC1C32)C4. The summed E-state index contributed by atoms with van der Waals surface area (Å²) in [7, 11) is 0. The van der Waals surface area contributed by atoms with Gasteiger partial charge in [0, 0.05) is 38.0 Å². The van der Waals surface area contributed by atoms with E-state index in [4.69, 9.17) is 0 Å². The van der Waals surface area contributed by atoms with E-state index < -0.39 is 0 Å². The molecule has 7 atom stereocenters. The van der Waals surface area contributed by atoms with Crippen molar-refractivity contribution in [3.63, 3.8) is 0 Å². The van der Waals surface area contributed by atoms with Gasteiger partial charge in [0.05, 0.1) is 0 Å². The third-order valence-electron chi connectivity index (χ3n) is 10.4. The van der Waals surface area contributed by atoms with Crippen molar-refractivity contribution in [2.75, 3.05) is 32.7 Å². The summed E-state index contributed by atoms with van der Waals surface area (Å²) in [5.74, 6) is 3.88. The van der Waals surface area contributed by atoms with Crippen LogP contribution in [-0.4, -0.2) is 54.3 Å². The lowest BCUT2D eigenvalue weighted by Gasteiger charge is -2.52. The number of hydrogen-bond acceptors (Lipinski definition) is 3. The highest BCUT2D eigenvalue weighted by Gasteiger charge is 2.46. The number of piperidine rings is 2. The summed E-state index contributed by atoms with van der Waals surface area (Å²) in [6, 6.07) is 0.526. The summed E-state index contributed by atoms with van der Waals surface area (Å²) in [6.45, 7) is 8.54. The minimum atomic E-state index is 0.313. The summed E-state index contributed by atoms with van der Waals surface area (Å²) in [6.07, 6.45) is 26.8. The van der Waals surface area contributed by atoms with E-state index in [0.717, 1.165) is 37.1 Å². The molecule has 3 heteroatoms. The lowest BCUT2D eigenvalue weighted by molar-refractivity contribution is -0.134. The molecule has 0 N–H and O–H groups in total. The maximum atomic E-state index is 13.3. The number of allylic oxidation sites excluding steroid dienone is 2. The lowest BCUT2D eigenvalue weighted by Crippen LogP contribution is -2.58. The third-order valence-corrected chi connectivity index (χ3v) is 10.4. The van der Waals surface area contributed by atoms with Crippen LogP contribution in [0.25, 0.3) is 0 Å². The normalized spacial score (nSPS) is 40.4. The number of carbonyl (C=O) groups excluding carboxylic acids is 1. The van der Waals surface area contributed by atoms with Crippen LogP contribution in [0.4, 0.5) is 0 Å². The number of ketones is 1. The van der Waals surface area contributed by atoms with Crippen molar-refractivity contribution in [2.45, 2.75) is 109 Å². The fraction of sp³-hybridized carbons (Fsp3) is 0.844. The first-order valence-corrected chi connectivity index (χ1v) is 15.5. The molecule has 2 fully saturated rings. The zero-order valence-corrected chi connectivity index (χ0v) is 22.6. The molecule has 4 heterocycles. The van der Waals surface area contributed by atoms with Crippen LogP contribution in [0.15, 0.2) is 23.8 Å². The number of Topliss-reactive ketones (excluding diaryl/α,β-unsaturated/α-hetero) is 1. The van der Waals surface area contributed by atoms with Crippen LogP contribution in [-0.2, 0) is 4.79 Å². The van der Waals surface area contributed by atoms with Crippen LogP contribution in [0.3, 0.4) is 0 Å². The molecule has 0 radical (unpaired) electrons. The van der Waals surface area contributed by atoms with Crippen molar-refractivity contribution < 1.29 is 4.79 Å². The lowest BCUT2D eigenvalue weighted by atomic mass is 9.65. The molecule has 2 saturated heterocycles. The molecule has 196 valence electrons. The number of rotatable bonds is 0. The zero-order valence-electron chi connectivity index (χ0n) is 22.6. The number of fused-ring (bicyclic) bond motifs is 1. The molecule has 3 bridgehead atoms. The topological polar surface area (TPSA) is 23.6 Å². The summed E-state index contributed by atoms with van der Waals surface area (Å²) in [5, 5.41) is 0. The molecule has 5 aliphatic rings. The van der Waals surface area contributed by atoms with Crippen molar-refractivity contribution in [3.8, 4) is 0 Å². The summed E-state index contributed by atoms with van der Waals surface area (Å²) >= 11 is 0. The second kappa shape index (κ2) is 12.5. The summed E-state index contributed by atoms with van der Waals surface area (Å²) in [4.78, 5) is 18.9. The van der Waals surface area contributed by atoms with Gasteiger partial charge in [-0.2, -0.15) is 0 Å². The van der Waals surface area contributed by atoms with Gasteiger partial charge in [-0.1, -0.05) is 56.4 Å². The van der Waals surface area contributed by atoms with Crippen LogP contribution >= 0.6 is 0 Å². The van der Waals surface area contributed by atoms with Gasteiger partial charge in [-0.05, 0) is 101 Å². The van der Waals surface area contributed by atoms with Crippen molar-refractivity contribution in [1.29, 1.82) is 0 Å². The molecule has 0 spiro atoms. The van der Waals surface area contributed by atoms with E-state index in [1.807, 2.05) is 0 Å². The molecule has 0 aromatic rings. The molecule has 0 amide bonds. The fourth-order valence-electron chi connectivity index (χ4n) is 8.43. The molecule has 35 heavy (non-hydrogen) atoms. The van der Waals surface area contributed by atoms with Crippen molar-refractivity contribution in [3.05, 3.63) is 23.8 Å². The predicted molar refractivity (Wildman–Crippen MR) is 146 cm³/mol. The van der Waals surface area contributed by atoms with Gasteiger partial charge < -0.3 is 0 Å². The monoisotopic (exact) mass is 480 g/mol. The highest BCUT2D eigenvalue weighted by atomic mass is 16.1. The molecule has 0 aromatic heterocycles. The van der Waals surface area contributed by atoms with Crippen LogP contribution in [0, 0.1) is 29.6 Å². The van der Waals surface area contributed by atoms with Gasteiger partial charge in [0.15, 0.2) is 0 Å². The van der Waals surface area contributed by atoms with Gasteiger partial charge in [-0.3, -0.25) is 14.6 Å². The Kier molecular flexibility index (Phi) is 9.21.